The second-order valence-electron chi connectivity index (χ2n) is 2.83. The third-order valence-corrected chi connectivity index (χ3v) is 2.07. The molecule has 0 fully saturated rings. The Labute approximate surface area is 95.9 Å². The van der Waals surface area contributed by atoms with Crippen molar-refractivity contribution in [2.24, 2.45) is 0 Å². The molecule has 10 heteroatoms. The molecule has 0 aliphatic rings. The summed E-state index contributed by atoms with van der Waals surface area (Å²) in [6.07, 6.45) is -5.07. The maximum atomic E-state index is 12.4. The Balaban J connectivity index is 3.60. The number of hydrogen-bond donors (Lipinski definition) is 0. The van der Waals surface area contributed by atoms with Crippen LogP contribution in [0.5, 0.6) is 0 Å². The molecule has 0 saturated heterocycles. The van der Waals surface area contributed by atoms with Gasteiger partial charge in [-0.15, -0.1) is 0 Å². The van der Waals surface area contributed by atoms with E-state index < -0.39 is 38.0 Å². The van der Waals surface area contributed by atoms with Crippen LogP contribution in [0.2, 0.25) is 5.02 Å². The summed E-state index contributed by atoms with van der Waals surface area (Å²) in [7, 11) is 0. The van der Waals surface area contributed by atoms with Crippen LogP contribution in [-0.2, 0) is 6.18 Å². The molecule has 0 spiro atoms. The second kappa shape index (κ2) is 4.17. The van der Waals surface area contributed by atoms with Crippen molar-refractivity contribution in [2.45, 2.75) is 6.18 Å². The van der Waals surface area contributed by atoms with Gasteiger partial charge >= 0.3 is 6.18 Å². The van der Waals surface area contributed by atoms with Gasteiger partial charge in [0.05, 0.1) is 9.85 Å². The number of benzene rings is 1. The van der Waals surface area contributed by atoms with Gasteiger partial charge in [0, 0.05) is 12.1 Å². The van der Waals surface area contributed by atoms with E-state index in [0.717, 1.165) is 0 Å². The van der Waals surface area contributed by atoms with Crippen LogP contribution in [-0.4, -0.2) is 9.85 Å². The minimum Gasteiger partial charge on any atom is -0.258 e. The van der Waals surface area contributed by atoms with Crippen molar-refractivity contribution in [2.75, 3.05) is 0 Å². The Morgan fingerprint density at radius 2 is 1.53 bits per heavy atom. The monoisotopic (exact) mass is 270 g/mol. The van der Waals surface area contributed by atoms with Gasteiger partial charge < -0.3 is 0 Å². The standard InChI is InChI=1S/C7H2ClF3N2O4/c8-4-2-5(12(14)15)3(7(9,10)11)1-6(4)13(16)17/h1-2H. The predicted octanol–water partition coefficient (Wildman–Crippen LogP) is 3.18. The highest BCUT2D eigenvalue weighted by Crippen LogP contribution is 2.41. The summed E-state index contributed by atoms with van der Waals surface area (Å²) in [6.45, 7) is 0. The van der Waals surface area contributed by atoms with Crippen molar-refractivity contribution in [3.63, 3.8) is 0 Å². The lowest BCUT2D eigenvalue weighted by molar-refractivity contribution is -0.391. The van der Waals surface area contributed by atoms with Crippen molar-refractivity contribution in [1.29, 1.82) is 0 Å². The van der Waals surface area contributed by atoms with Crippen molar-refractivity contribution in [1.82, 2.24) is 0 Å². The van der Waals surface area contributed by atoms with Gasteiger partial charge in [-0.05, 0) is 0 Å². The van der Waals surface area contributed by atoms with E-state index in [2.05, 4.69) is 0 Å². The Kier molecular flexibility index (Phi) is 3.23. The molecule has 0 saturated carbocycles. The molecule has 0 radical (unpaired) electrons. The summed E-state index contributed by atoms with van der Waals surface area (Å²) < 4.78 is 37.2. The smallest absolute Gasteiger partial charge is 0.258 e. The molecule has 17 heavy (non-hydrogen) atoms. The summed E-state index contributed by atoms with van der Waals surface area (Å²) in [5.41, 5.74) is -4.07. The molecule has 1 rings (SSSR count). The molecule has 6 nitrogen and oxygen atoms in total. The number of nitrogens with zero attached hydrogens (tertiary/aromatic N) is 2. The molecule has 0 unspecified atom stereocenters. The van der Waals surface area contributed by atoms with Gasteiger partial charge in [-0.25, -0.2) is 0 Å². The van der Waals surface area contributed by atoms with E-state index in [9.17, 15) is 33.4 Å². The molecule has 1 aromatic rings. The van der Waals surface area contributed by atoms with Gasteiger partial charge in [0.15, 0.2) is 0 Å². The summed E-state index contributed by atoms with van der Waals surface area (Å²) in [6, 6.07) is 0.350. The van der Waals surface area contributed by atoms with Gasteiger partial charge in [-0.3, -0.25) is 20.2 Å². The van der Waals surface area contributed by atoms with Crippen LogP contribution in [0.4, 0.5) is 24.5 Å². The zero-order valence-electron chi connectivity index (χ0n) is 7.69. The Morgan fingerprint density at radius 3 is 1.88 bits per heavy atom. The average Bonchev–Trinajstić information content (AvgIpc) is 2.14. The van der Waals surface area contributed by atoms with Crippen LogP contribution in [0.15, 0.2) is 12.1 Å². The quantitative estimate of drug-likeness (QED) is 0.610. The Hall–Kier alpha value is -1.90. The molecule has 0 bridgehead atoms. The maximum Gasteiger partial charge on any atom is 0.423 e. The first-order valence-electron chi connectivity index (χ1n) is 3.84. The topological polar surface area (TPSA) is 86.3 Å². The molecular formula is C7H2ClF3N2O4. The first kappa shape index (κ1) is 13.2. The minimum absolute atomic E-state index is 0.0421. The molecule has 92 valence electrons. The number of hydrogen-bond acceptors (Lipinski definition) is 4. The average molecular weight is 271 g/mol. The lowest BCUT2D eigenvalue weighted by atomic mass is 10.1. The van der Waals surface area contributed by atoms with Crippen molar-refractivity contribution in [3.05, 3.63) is 42.9 Å². The van der Waals surface area contributed by atoms with Gasteiger partial charge in [-0.2, -0.15) is 13.2 Å². The molecular weight excluding hydrogens is 269 g/mol. The number of halogens is 4. The van der Waals surface area contributed by atoms with Crippen molar-refractivity contribution >= 4 is 23.0 Å². The van der Waals surface area contributed by atoms with Crippen LogP contribution in [0.1, 0.15) is 5.56 Å². The predicted molar refractivity (Wildman–Crippen MR) is 49.8 cm³/mol. The molecule has 0 heterocycles. The zero-order chi connectivity index (χ0) is 13.4. The number of nitro groups is 2. The highest BCUT2D eigenvalue weighted by Gasteiger charge is 2.40. The van der Waals surface area contributed by atoms with Crippen LogP contribution in [0, 0.1) is 20.2 Å². The van der Waals surface area contributed by atoms with E-state index in [1.54, 1.807) is 0 Å². The van der Waals surface area contributed by atoms with Gasteiger partial charge in [-0.1, -0.05) is 11.6 Å². The van der Waals surface area contributed by atoms with Gasteiger partial charge in [0.25, 0.3) is 11.4 Å². The Morgan fingerprint density at radius 1 is 1.06 bits per heavy atom. The first-order valence-corrected chi connectivity index (χ1v) is 4.22. The summed E-state index contributed by atoms with van der Waals surface area (Å²) in [4.78, 5) is 18.3. The van der Waals surface area contributed by atoms with E-state index in [1.165, 1.54) is 0 Å². The minimum atomic E-state index is -5.07. The molecule has 0 aliphatic heterocycles. The number of rotatable bonds is 2. The highest BCUT2D eigenvalue weighted by atomic mass is 35.5. The van der Waals surface area contributed by atoms with Crippen LogP contribution in [0.25, 0.3) is 0 Å². The molecule has 0 aliphatic carbocycles. The van der Waals surface area contributed by atoms with E-state index >= 15 is 0 Å². The van der Waals surface area contributed by atoms with E-state index in [0.29, 0.717) is 6.07 Å². The lowest BCUT2D eigenvalue weighted by Gasteiger charge is -2.07. The third-order valence-electron chi connectivity index (χ3n) is 1.76. The zero-order valence-corrected chi connectivity index (χ0v) is 8.45. The van der Waals surface area contributed by atoms with Crippen LogP contribution < -0.4 is 0 Å². The fourth-order valence-electron chi connectivity index (χ4n) is 1.07. The van der Waals surface area contributed by atoms with Gasteiger partial charge in [0.1, 0.15) is 10.6 Å². The molecule has 0 aromatic heterocycles. The first-order chi connectivity index (χ1) is 7.64. The third kappa shape index (κ3) is 2.61. The van der Waals surface area contributed by atoms with E-state index in [-0.39, 0.29) is 6.07 Å². The normalized spacial score (nSPS) is 11.3. The largest absolute Gasteiger partial charge is 0.423 e. The molecule has 0 N–H and O–H groups in total. The summed E-state index contributed by atoms with van der Waals surface area (Å²) >= 11 is 5.28. The number of alkyl halides is 3. The van der Waals surface area contributed by atoms with E-state index in [4.69, 9.17) is 11.6 Å². The van der Waals surface area contributed by atoms with Crippen molar-refractivity contribution < 1.29 is 23.0 Å². The summed E-state index contributed by atoms with van der Waals surface area (Å²) in [5.74, 6) is 0. The van der Waals surface area contributed by atoms with Crippen LogP contribution >= 0.6 is 11.6 Å². The number of nitro benzene ring substituents is 2. The second-order valence-corrected chi connectivity index (χ2v) is 3.24. The van der Waals surface area contributed by atoms with E-state index in [1.807, 2.05) is 0 Å². The molecule has 0 atom stereocenters. The van der Waals surface area contributed by atoms with Gasteiger partial charge in [0.2, 0.25) is 0 Å². The maximum absolute atomic E-state index is 12.4. The highest BCUT2D eigenvalue weighted by molar-refractivity contribution is 6.32. The molecule has 0 amide bonds. The fraction of sp³-hybridized carbons (Fsp3) is 0.143. The summed E-state index contributed by atoms with van der Waals surface area (Å²) in [5, 5.41) is 20.0. The SMILES string of the molecule is O=[N+]([O-])c1cc(C(F)(F)F)c([N+](=O)[O-])cc1Cl. The lowest BCUT2D eigenvalue weighted by Crippen LogP contribution is -2.09. The fourth-order valence-corrected chi connectivity index (χ4v) is 1.30. The Bertz CT molecular complexity index is 503. The molecule has 1 aromatic carbocycles. The van der Waals surface area contributed by atoms with Crippen molar-refractivity contribution in [3.8, 4) is 0 Å². The van der Waals surface area contributed by atoms with Crippen LogP contribution in [0.3, 0.4) is 0 Å².